The number of pyridine rings is 1. The molecule has 1 atom stereocenters. The zero-order chi connectivity index (χ0) is 11.9. The molecule has 94 valence electrons. The summed E-state index contributed by atoms with van der Waals surface area (Å²) in [5, 5.41) is 12.8. The van der Waals surface area contributed by atoms with Crippen LogP contribution in [0.4, 0.5) is 0 Å². The number of nitrogens with one attached hydrogen (secondary N) is 1. The molecule has 1 unspecified atom stereocenters. The molecule has 0 saturated heterocycles. The molecular weight excluding hydrogens is 216 g/mol. The van der Waals surface area contributed by atoms with Crippen molar-refractivity contribution in [3.63, 3.8) is 0 Å². The first-order valence-corrected chi connectivity index (χ1v) is 6.20. The van der Waals surface area contributed by atoms with Gasteiger partial charge in [-0.1, -0.05) is 6.07 Å². The first-order chi connectivity index (χ1) is 8.34. The minimum Gasteiger partial charge on any atom is -0.389 e. The van der Waals surface area contributed by atoms with Crippen molar-refractivity contribution in [2.45, 2.75) is 25.5 Å². The lowest BCUT2D eigenvalue weighted by atomic mass is 10.3. The zero-order valence-corrected chi connectivity index (χ0v) is 10.0. The molecule has 1 aromatic rings. The summed E-state index contributed by atoms with van der Waals surface area (Å²) in [7, 11) is 0. The Kier molecular flexibility index (Phi) is 4.91. The van der Waals surface area contributed by atoms with E-state index in [-0.39, 0.29) is 0 Å². The molecule has 1 aliphatic rings. The fourth-order valence-corrected chi connectivity index (χ4v) is 1.60. The van der Waals surface area contributed by atoms with E-state index in [4.69, 9.17) is 4.74 Å². The van der Waals surface area contributed by atoms with Crippen LogP contribution in [0, 0.1) is 5.92 Å². The predicted octanol–water partition coefficient (Wildman–Crippen LogP) is 0.959. The predicted molar refractivity (Wildman–Crippen MR) is 65.5 cm³/mol. The Morgan fingerprint density at radius 3 is 3.12 bits per heavy atom. The molecule has 1 heterocycles. The third-order valence-corrected chi connectivity index (χ3v) is 2.79. The second-order valence-corrected chi connectivity index (χ2v) is 4.63. The Balaban J connectivity index is 1.51. The van der Waals surface area contributed by atoms with Gasteiger partial charge < -0.3 is 15.2 Å². The minimum absolute atomic E-state index is 0.426. The van der Waals surface area contributed by atoms with Crippen LogP contribution in [0.2, 0.25) is 0 Å². The zero-order valence-electron chi connectivity index (χ0n) is 10.0. The van der Waals surface area contributed by atoms with Gasteiger partial charge in [0.25, 0.3) is 0 Å². The highest BCUT2D eigenvalue weighted by molar-refractivity contribution is 5.07. The average molecular weight is 236 g/mol. The van der Waals surface area contributed by atoms with E-state index in [1.807, 2.05) is 18.3 Å². The lowest BCUT2D eigenvalue weighted by Crippen LogP contribution is -2.30. The topological polar surface area (TPSA) is 54.4 Å². The van der Waals surface area contributed by atoms with Gasteiger partial charge >= 0.3 is 0 Å². The summed E-state index contributed by atoms with van der Waals surface area (Å²) in [5.41, 5.74) is 1.12. The molecule has 1 saturated carbocycles. The molecule has 0 amide bonds. The van der Waals surface area contributed by atoms with Gasteiger partial charge in [-0.3, -0.25) is 4.98 Å². The fourth-order valence-electron chi connectivity index (χ4n) is 1.60. The molecule has 1 aliphatic carbocycles. The largest absolute Gasteiger partial charge is 0.389 e. The van der Waals surface area contributed by atoms with E-state index in [9.17, 15) is 5.11 Å². The Morgan fingerprint density at radius 2 is 2.41 bits per heavy atom. The molecule has 2 N–H and O–H groups in total. The SMILES string of the molecule is OC(CNCc1cccnc1)COCC1CC1. The summed E-state index contributed by atoms with van der Waals surface area (Å²) in [6.45, 7) is 2.52. The summed E-state index contributed by atoms with van der Waals surface area (Å²) < 4.78 is 5.42. The molecular formula is C13H20N2O2. The third-order valence-electron chi connectivity index (χ3n) is 2.79. The van der Waals surface area contributed by atoms with Crippen LogP contribution >= 0.6 is 0 Å². The maximum absolute atomic E-state index is 9.66. The number of aliphatic hydroxyl groups is 1. The van der Waals surface area contributed by atoms with Gasteiger partial charge in [-0.2, -0.15) is 0 Å². The second kappa shape index (κ2) is 6.69. The van der Waals surface area contributed by atoms with Gasteiger partial charge in [0, 0.05) is 32.1 Å². The normalized spacial score (nSPS) is 17.0. The highest BCUT2D eigenvalue weighted by Crippen LogP contribution is 2.28. The highest BCUT2D eigenvalue weighted by Gasteiger charge is 2.21. The molecule has 0 radical (unpaired) electrons. The first kappa shape index (κ1) is 12.5. The number of ether oxygens (including phenoxy) is 1. The Labute approximate surface area is 102 Å². The monoisotopic (exact) mass is 236 g/mol. The van der Waals surface area contributed by atoms with Crippen LogP contribution in [0.25, 0.3) is 0 Å². The Bertz CT molecular complexity index is 314. The number of nitrogens with zero attached hydrogens (tertiary/aromatic N) is 1. The molecule has 0 bridgehead atoms. The van der Waals surface area contributed by atoms with Crippen LogP contribution in [0.5, 0.6) is 0 Å². The number of hydrogen-bond donors (Lipinski definition) is 2. The van der Waals surface area contributed by atoms with E-state index >= 15 is 0 Å². The number of aromatic nitrogens is 1. The molecule has 1 fully saturated rings. The standard InChI is InChI=1S/C13H20N2O2/c16-13(10-17-9-11-3-4-11)8-15-7-12-2-1-5-14-6-12/h1-2,5-6,11,13,15-16H,3-4,7-10H2. The van der Waals surface area contributed by atoms with Crippen LogP contribution in [-0.4, -0.2) is 36.0 Å². The molecule has 0 spiro atoms. The van der Waals surface area contributed by atoms with Crippen molar-refractivity contribution in [1.29, 1.82) is 0 Å². The highest BCUT2D eigenvalue weighted by atomic mass is 16.5. The average Bonchev–Trinajstić information content (AvgIpc) is 3.14. The van der Waals surface area contributed by atoms with E-state index < -0.39 is 6.10 Å². The minimum atomic E-state index is -0.426. The maximum Gasteiger partial charge on any atom is 0.0897 e. The molecule has 1 aromatic heterocycles. The van der Waals surface area contributed by atoms with Crippen LogP contribution in [0.1, 0.15) is 18.4 Å². The van der Waals surface area contributed by atoms with E-state index in [0.717, 1.165) is 24.6 Å². The van der Waals surface area contributed by atoms with Crippen LogP contribution in [-0.2, 0) is 11.3 Å². The van der Waals surface area contributed by atoms with E-state index in [1.165, 1.54) is 12.8 Å². The summed E-state index contributed by atoms with van der Waals surface area (Å²) in [5.74, 6) is 0.755. The maximum atomic E-state index is 9.66. The van der Waals surface area contributed by atoms with Crippen molar-refractivity contribution < 1.29 is 9.84 Å². The molecule has 0 aliphatic heterocycles. The van der Waals surface area contributed by atoms with E-state index in [0.29, 0.717) is 13.2 Å². The van der Waals surface area contributed by atoms with E-state index in [2.05, 4.69) is 10.3 Å². The van der Waals surface area contributed by atoms with Gasteiger partial charge in [-0.15, -0.1) is 0 Å². The van der Waals surface area contributed by atoms with Crippen LogP contribution in [0.3, 0.4) is 0 Å². The summed E-state index contributed by atoms with van der Waals surface area (Å²) in [6.07, 6.45) is 5.73. The van der Waals surface area contributed by atoms with Crippen molar-refractivity contribution in [1.82, 2.24) is 10.3 Å². The van der Waals surface area contributed by atoms with Gasteiger partial charge in [0.05, 0.1) is 12.7 Å². The summed E-state index contributed by atoms with van der Waals surface area (Å²) >= 11 is 0. The second-order valence-electron chi connectivity index (χ2n) is 4.63. The van der Waals surface area contributed by atoms with E-state index in [1.54, 1.807) is 6.20 Å². The Morgan fingerprint density at radius 1 is 1.53 bits per heavy atom. The van der Waals surface area contributed by atoms with Gasteiger partial charge in [-0.05, 0) is 30.4 Å². The molecule has 0 aromatic carbocycles. The van der Waals surface area contributed by atoms with Crippen molar-refractivity contribution in [2.24, 2.45) is 5.92 Å². The summed E-state index contributed by atoms with van der Waals surface area (Å²) in [6, 6.07) is 3.92. The first-order valence-electron chi connectivity index (χ1n) is 6.20. The molecule has 2 rings (SSSR count). The number of hydrogen-bond acceptors (Lipinski definition) is 4. The third kappa shape index (κ3) is 5.26. The number of aliphatic hydroxyl groups excluding tert-OH is 1. The van der Waals surface area contributed by atoms with Crippen molar-refractivity contribution >= 4 is 0 Å². The van der Waals surface area contributed by atoms with Gasteiger partial charge in [0.2, 0.25) is 0 Å². The quantitative estimate of drug-likeness (QED) is 0.706. The lowest BCUT2D eigenvalue weighted by Gasteiger charge is -2.12. The van der Waals surface area contributed by atoms with Crippen molar-refractivity contribution in [2.75, 3.05) is 19.8 Å². The van der Waals surface area contributed by atoms with Crippen molar-refractivity contribution in [3.05, 3.63) is 30.1 Å². The van der Waals surface area contributed by atoms with Crippen molar-refractivity contribution in [3.8, 4) is 0 Å². The van der Waals surface area contributed by atoms with Crippen LogP contribution < -0.4 is 5.32 Å². The molecule has 17 heavy (non-hydrogen) atoms. The number of rotatable bonds is 8. The van der Waals surface area contributed by atoms with Crippen LogP contribution in [0.15, 0.2) is 24.5 Å². The van der Waals surface area contributed by atoms with Gasteiger partial charge in [-0.25, -0.2) is 0 Å². The molecule has 4 nitrogen and oxygen atoms in total. The lowest BCUT2D eigenvalue weighted by molar-refractivity contribution is 0.0324. The van der Waals surface area contributed by atoms with Gasteiger partial charge in [0.1, 0.15) is 0 Å². The van der Waals surface area contributed by atoms with Gasteiger partial charge in [0.15, 0.2) is 0 Å². The fraction of sp³-hybridized carbons (Fsp3) is 0.615. The molecule has 4 heteroatoms. The Hall–Kier alpha value is -0.970. The smallest absolute Gasteiger partial charge is 0.0897 e. The summed E-state index contributed by atoms with van der Waals surface area (Å²) in [4.78, 5) is 4.03.